The molecule has 1 fully saturated rings. The summed E-state index contributed by atoms with van der Waals surface area (Å²) in [6, 6.07) is 21.6. The summed E-state index contributed by atoms with van der Waals surface area (Å²) >= 11 is 0. The highest BCUT2D eigenvalue weighted by atomic mass is 16.5. The fraction of sp³-hybridized carbons (Fsp3) is 0.240. The van der Waals surface area contributed by atoms with Crippen molar-refractivity contribution in [1.82, 2.24) is 15.0 Å². The molecule has 1 atom stereocenters. The molecule has 5 rings (SSSR count). The molecular formula is C25H24N4O2. The molecule has 156 valence electrons. The highest BCUT2D eigenvalue weighted by Gasteiger charge is 2.32. The molecule has 0 radical (unpaired) electrons. The molecule has 0 saturated carbocycles. The SMILES string of the molecule is Cc1ccc(-c2noc([C@@H]3CCCCN3C(=O)Nc3cccc4ccccc34)n2)cc1. The number of hydrogen-bond donors (Lipinski definition) is 1. The third kappa shape index (κ3) is 3.89. The summed E-state index contributed by atoms with van der Waals surface area (Å²) in [7, 11) is 0. The molecule has 0 unspecified atom stereocenters. The van der Waals surface area contributed by atoms with E-state index in [0.29, 0.717) is 18.3 Å². The summed E-state index contributed by atoms with van der Waals surface area (Å²) in [4.78, 5) is 19.7. The van der Waals surface area contributed by atoms with Crippen molar-refractivity contribution in [2.75, 3.05) is 11.9 Å². The number of piperidine rings is 1. The van der Waals surface area contributed by atoms with Gasteiger partial charge in [-0.25, -0.2) is 4.79 Å². The molecule has 0 spiro atoms. The number of benzene rings is 3. The van der Waals surface area contributed by atoms with Gasteiger partial charge in [-0.2, -0.15) is 4.98 Å². The molecule has 1 N–H and O–H groups in total. The zero-order chi connectivity index (χ0) is 21.2. The Balaban J connectivity index is 1.39. The quantitative estimate of drug-likeness (QED) is 0.451. The molecule has 31 heavy (non-hydrogen) atoms. The van der Waals surface area contributed by atoms with E-state index >= 15 is 0 Å². The van der Waals surface area contributed by atoms with E-state index in [2.05, 4.69) is 15.5 Å². The largest absolute Gasteiger partial charge is 0.337 e. The molecule has 6 heteroatoms. The van der Waals surface area contributed by atoms with E-state index < -0.39 is 0 Å². The van der Waals surface area contributed by atoms with Crippen LogP contribution in [0.4, 0.5) is 10.5 Å². The maximum absolute atomic E-state index is 13.2. The molecule has 1 saturated heterocycles. The molecule has 3 aromatic carbocycles. The van der Waals surface area contributed by atoms with Gasteiger partial charge in [0.25, 0.3) is 0 Å². The second-order valence-electron chi connectivity index (χ2n) is 7.98. The van der Waals surface area contributed by atoms with Gasteiger partial charge >= 0.3 is 6.03 Å². The number of anilines is 1. The number of urea groups is 1. The molecule has 4 aromatic rings. The minimum atomic E-state index is -0.226. The first-order valence-electron chi connectivity index (χ1n) is 10.6. The molecule has 1 aliphatic heterocycles. The van der Waals surface area contributed by atoms with Crippen LogP contribution in [0.2, 0.25) is 0 Å². The van der Waals surface area contributed by atoms with Gasteiger partial charge in [0.2, 0.25) is 11.7 Å². The molecule has 1 aliphatic rings. The van der Waals surface area contributed by atoms with E-state index in [-0.39, 0.29) is 12.1 Å². The van der Waals surface area contributed by atoms with Crippen molar-refractivity contribution in [2.45, 2.75) is 32.2 Å². The summed E-state index contributed by atoms with van der Waals surface area (Å²) in [6.07, 6.45) is 2.78. The number of amides is 2. The number of fused-ring (bicyclic) bond motifs is 1. The van der Waals surface area contributed by atoms with Crippen LogP contribution in [0, 0.1) is 6.92 Å². The van der Waals surface area contributed by atoms with Gasteiger partial charge in [0.1, 0.15) is 6.04 Å². The van der Waals surface area contributed by atoms with Gasteiger partial charge < -0.3 is 14.7 Å². The van der Waals surface area contributed by atoms with Crippen LogP contribution in [0.3, 0.4) is 0 Å². The van der Waals surface area contributed by atoms with E-state index in [0.717, 1.165) is 41.3 Å². The normalized spacial score (nSPS) is 16.4. The Morgan fingerprint density at radius 3 is 2.71 bits per heavy atom. The number of likely N-dealkylation sites (tertiary alicyclic amines) is 1. The molecule has 0 aliphatic carbocycles. The van der Waals surface area contributed by atoms with Gasteiger partial charge in [0.15, 0.2) is 0 Å². The first kappa shape index (κ1) is 19.3. The number of carbonyl (C=O) groups is 1. The van der Waals surface area contributed by atoms with Crippen molar-refractivity contribution in [3.05, 3.63) is 78.2 Å². The summed E-state index contributed by atoms with van der Waals surface area (Å²) in [5, 5.41) is 9.37. The Morgan fingerprint density at radius 1 is 1.03 bits per heavy atom. The summed E-state index contributed by atoms with van der Waals surface area (Å²) in [6.45, 7) is 2.70. The van der Waals surface area contributed by atoms with Gasteiger partial charge in [-0.1, -0.05) is 71.4 Å². The van der Waals surface area contributed by atoms with E-state index in [9.17, 15) is 4.79 Å². The maximum Gasteiger partial charge on any atom is 0.322 e. The van der Waals surface area contributed by atoms with Crippen molar-refractivity contribution >= 4 is 22.5 Å². The Labute approximate surface area is 180 Å². The predicted molar refractivity (Wildman–Crippen MR) is 121 cm³/mol. The number of nitrogens with one attached hydrogen (secondary N) is 1. The number of nitrogens with zero attached hydrogens (tertiary/aromatic N) is 3. The monoisotopic (exact) mass is 412 g/mol. The van der Waals surface area contributed by atoms with Crippen LogP contribution in [-0.2, 0) is 0 Å². The number of aromatic nitrogens is 2. The minimum Gasteiger partial charge on any atom is -0.337 e. The van der Waals surface area contributed by atoms with Gasteiger partial charge in [-0.15, -0.1) is 0 Å². The third-order valence-corrected chi connectivity index (χ3v) is 5.83. The Bertz CT molecular complexity index is 1210. The summed E-state index contributed by atoms with van der Waals surface area (Å²) in [5.74, 6) is 1.04. The highest BCUT2D eigenvalue weighted by molar-refractivity contribution is 6.01. The average molecular weight is 412 g/mol. The first-order valence-corrected chi connectivity index (χ1v) is 10.6. The van der Waals surface area contributed by atoms with Crippen molar-refractivity contribution in [2.24, 2.45) is 0 Å². The van der Waals surface area contributed by atoms with Crippen LogP contribution in [0.1, 0.15) is 36.8 Å². The molecule has 2 amide bonds. The lowest BCUT2D eigenvalue weighted by Crippen LogP contribution is -2.41. The first-order chi connectivity index (χ1) is 15.2. The molecule has 6 nitrogen and oxygen atoms in total. The Hall–Kier alpha value is -3.67. The fourth-order valence-corrected chi connectivity index (χ4v) is 4.14. The zero-order valence-corrected chi connectivity index (χ0v) is 17.4. The lowest BCUT2D eigenvalue weighted by molar-refractivity contribution is 0.142. The van der Waals surface area contributed by atoms with Crippen LogP contribution in [0.5, 0.6) is 0 Å². The number of carbonyl (C=O) groups excluding carboxylic acids is 1. The molecular weight excluding hydrogens is 388 g/mol. The van der Waals surface area contributed by atoms with Gasteiger partial charge in [0, 0.05) is 17.5 Å². The highest BCUT2D eigenvalue weighted by Crippen LogP contribution is 2.32. The average Bonchev–Trinajstić information content (AvgIpc) is 3.30. The predicted octanol–water partition coefficient (Wildman–Crippen LogP) is 5.96. The Morgan fingerprint density at radius 2 is 1.84 bits per heavy atom. The second kappa shape index (κ2) is 8.22. The molecule has 1 aromatic heterocycles. The lowest BCUT2D eigenvalue weighted by Gasteiger charge is -2.33. The van der Waals surface area contributed by atoms with E-state index in [4.69, 9.17) is 4.52 Å². The van der Waals surface area contributed by atoms with Crippen LogP contribution in [0.25, 0.3) is 22.2 Å². The van der Waals surface area contributed by atoms with Gasteiger partial charge in [0.05, 0.1) is 5.69 Å². The second-order valence-corrected chi connectivity index (χ2v) is 7.98. The number of rotatable bonds is 3. The minimum absolute atomic E-state index is 0.142. The van der Waals surface area contributed by atoms with E-state index in [1.807, 2.05) is 78.6 Å². The zero-order valence-electron chi connectivity index (χ0n) is 17.4. The van der Waals surface area contributed by atoms with Crippen molar-refractivity contribution in [1.29, 1.82) is 0 Å². The smallest absolute Gasteiger partial charge is 0.322 e. The van der Waals surface area contributed by atoms with Crippen molar-refractivity contribution in [3.63, 3.8) is 0 Å². The van der Waals surface area contributed by atoms with Crippen LogP contribution < -0.4 is 5.32 Å². The third-order valence-electron chi connectivity index (χ3n) is 5.83. The summed E-state index contributed by atoms with van der Waals surface area (Å²) in [5.41, 5.74) is 2.89. The van der Waals surface area contributed by atoms with E-state index in [1.54, 1.807) is 0 Å². The fourth-order valence-electron chi connectivity index (χ4n) is 4.14. The van der Waals surface area contributed by atoms with Crippen molar-refractivity contribution in [3.8, 4) is 11.4 Å². The molecule has 0 bridgehead atoms. The molecule has 2 heterocycles. The lowest BCUT2D eigenvalue weighted by atomic mass is 10.0. The topological polar surface area (TPSA) is 71.3 Å². The van der Waals surface area contributed by atoms with E-state index in [1.165, 1.54) is 5.56 Å². The van der Waals surface area contributed by atoms with Crippen LogP contribution in [0.15, 0.2) is 71.3 Å². The summed E-state index contributed by atoms with van der Waals surface area (Å²) < 4.78 is 5.61. The van der Waals surface area contributed by atoms with Crippen molar-refractivity contribution < 1.29 is 9.32 Å². The number of hydrogen-bond acceptors (Lipinski definition) is 4. The van der Waals surface area contributed by atoms with Crippen LogP contribution >= 0.6 is 0 Å². The van der Waals surface area contributed by atoms with Crippen LogP contribution in [-0.4, -0.2) is 27.6 Å². The van der Waals surface area contributed by atoms with Gasteiger partial charge in [-0.3, -0.25) is 0 Å². The van der Waals surface area contributed by atoms with Gasteiger partial charge in [-0.05, 0) is 37.6 Å². The standard InChI is InChI=1S/C25H24N4O2/c1-17-12-14-19(15-13-17)23-27-24(31-28-23)22-11-4-5-16-29(22)25(30)26-21-10-6-8-18-7-2-3-9-20(18)21/h2-3,6-10,12-15,22H,4-5,11,16H2,1H3,(H,26,30)/t22-/m0/s1. The maximum atomic E-state index is 13.2. The number of aryl methyl sites for hydroxylation is 1. The Kier molecular flexibility index (Phi) is 5.12.